The monoisotopic (exact) mass is 252 g/mol. The van der Waals surface area contributed by atoms with E-state index in [1.54, 1.807) is 6.26 Å². The molecule has 0 bridgehead atoms. The molecule has 1 aromatic heterocycles. The minimum atomic E-state index is 0.285. The summed E-state index contributed by atoms with van der Waals surface area (Å²) in [7, 11) is 2.16. The van der Waals surface area contributed by atoms with Crippen LogP contribution in [0.1, 0.15) is 33.3 Å². The van der Waals surface area contributed by atoms with Crippen molar-refractivity contribution < 1.29 is 4.42 Å². The number of hydrogen-bond acceptors (Lipinski definition) is 3. The van der Waals surface area contributed by atoms with Crippen molar-refractivity contribution >= 4 is 0 Å². The fourth-order valence-electron chi connectivity index (χ4n) is 2.24. The van der Waals surface area contributed by atoms with E-state index in [0.717, 1.165) is 26.2 Å². The summed E-state index contributed by atoms with van der Waals surface area (Å²) in [6, 6.07) is 2.03. The Morgan fingerprint density at radius 2 is 2.11 bits per heavy atom. The predicted molar refractivity (Wildman–Crippen MR) is 76.5 cm³/mol. The summed E-state index contributed by atoms with van der Waals surface area (Å²) in [5.74, 6) is 0.712. The van der Waals surface area contributed by atoms with Crippen LogP contribution in [0.25, 0.3) is 0 Å². The molecule has 0 amide bonds. The average molecular weight is 252 g/mol. The molecule has 0 unspecified atom stereocenters. The summed E-state index contributed by atoms with van der Waals surface area (Å²) < 4.78 is 5.10. The lowest BCUT2D eigenvalue weighted by Gasteiger charge is -2.30. The van der Waals surface area contributed by atoms with E-state index in [0.29, 0.717) is 5.92 Å². The fourth-order valence-corrected chi connectivity index (χ4v) is 2.24. The fraction of sp³-hybridized carbons (Fsp3) is 0.733. The molecule has 104 valence electrons. The van der Waals surface area contributed by atoms with E-state index in [1.807, 2.05) is 12.3 Å². The third-order valence-corrected chi connectivity index (χ3v) is 2.89. The zero-order valence-corrected chi connectivity index (χ0v) is 12.5. The molecule has 0 aliphatic heterocycles. The molecule has 0 saturated heterocycles. The Kier molecular flexibility index (Phi) is 5.89. The molecule has 0 aliphatic rings. The molecule has 0 atom stereocenters. The Bertz CT molecular complexity index is 317. The predicted octanol–water partition coefficient (Wildman–Crippen LogP) is 2.98. The molecular weight excluding hydrogens is 224 g/mol. The lowest BCUT2D eigenvalue weighted by molar-refractivity contribution is 0.197. The molecule has 1 heterocycles. The molecule has 1 rings (SSSR count). The zero-order chi connectivity index (χ0) is 13.6. The summed E-state index contributed by atoms with van der Waals surface area (Å²) in [5, 5.41) is 3.54. The third kappa shape index (κ3) is 6.22. The van der Waals surface area contributed by atoms with Crippen molar-refractivity contribution in [3.8, 4) is 0 Å². The van der Waals surface area contributed by atoms with Crippen LogP contribution >= 0.6 is 0 Å². The van der Waals surface area contributed by atoms with E-state index in [9.17, 15) is 0 Å². The van der Waals surface area contributed by atoms with Crippen LogP contribution in [-0.4, -0.2) is 31.6 Å². The molecule has 18 heavy (non-hydrogen) atoms. The van der Waals surface area contributed by atoms with Crippen LogP contribution in [0.4, 0.5) is 0 Å². The molecule has 0 fully saturated rings. The summed E-state index contributed by atoms with van der Waals surface area (Å²) in [5.41, 5.74) is 1.52. The number of nitrogens with one attached hydrogen (secondary N) is 1. The maximum Gasteiger partial charge on any atom is 0.0947 e. The van der Waals surface area contributed by atoms with Gasteiger partial charge in [0.2, 0.25) is 0 Å². The first-order chi connectivity index (χ1) is 8.39. The van der Waals surface area contributed by atoms with E-state index in [2.05, 4.69) is 45.0 Å². The molecule has 0 spiro atoms. The smallest absolute Gasteiger partial charge is 0.0947 e. The van der Waals surface area contributed by atoms with Crippen LogP contribution in [0.3, 0.4) is 0 Å². The maximum absolute atomic E-state index is 5.10. The van der Waals surface area contributed by atoms with E-state index in [-0.39, 0.29) is 5.41 Å². The Balaban J connectivity index is 2.30. The number of nitrogens with zero attached hydrogens (tertiary/aromatic N) is 1. The first kappa shape index (κ1) is 15.3. The molecule has 0 aromatic carbocycles. The van der Waals surface area contributed by atoms with Crippen molar-refractivity contribution in [1.82, 2.24) is 10.2 Å². The van der Waals surface area contributed by atoms with Crippen LogP contribution < -0.4 is 5.32 Å². The van der Waals surface area contributed by atoms with Gasteiger partial charge in [0.05, 0.1) is 12.5 Å². The normalized spacial score (nSPS) is 12.6. The minimum absolute atomic E-state index is 0.285. The number of rotatable bonds is 8. The summed E-state index contributed by atoms with van der Waals surface area (Å²) in [6.07, 6.45) is 3.55. The van der Waals surface area contributed by atoms with Crippen molar-refractivity contribution in [3.63, 3.8) is 0 Å². The van der Waals surface area contributed by atoms with Gasteiger partial charge in [0, 0.05) is 25.2 Å². The van der Waals surface area contributed by atoms with Gasteiger partial charge in [-0.05, 0) is 31.0 Å². The largest absolute Gasteiger partial charge is 0.472 e. The van der Waals surface area contributed by atoms with Gasteiger partial charge in [-0.3, -0.25) is 0 Å². The van der Waals surface area contributed by atoms with Gasteiger partial charge in [0.1, 0.15) is 0 Å². The topological polar surface area (TPSA) is 28.4 Å². The number of hydrogen-bond donors (Lipinski definition) is 1. The maximum atomic E-state index is 5.10. The van der Waals surface area contributed by atoms with E-state index in [4.69, 9.17) is 4.42 Å². The third-order valence-electron chi connectivity index (χ3n) is 2.89. The highest BCUT2D eigenvalue weighted by Crippen LogP contribution is 2.16. The molecule has 1 aromatic rings. The summed E-state index contributed by atoms with van der Waals surface area (Å²) >= 11 is 0. The lowest BCUT2D eigenvalue weighted by Crippen LogP contribution is -2.39. The molecule has 3 nitrogen and oxygen atoms in total. The van der Waals surface area contributed by atoms with Gasteiger partial charge in [-0.25, -0.2) is 0 Å². The standard InChI is InChI=1S/C15H28N2O/c1-13(2)8-16-11-15(3,4)12-17(5)9-14-6-7-18-10-14/h6-7,10,13,16H,8-9,11-12H2,1-5H3. The van der Waals surface area contributed by atoms with Crippen LogP contribution in [0, 0.1) is 11.3 Å². The van der Waals surface area contributed by atoms with Gasteiger partial charge < -0.3 is 14.6 Å². The van der Waals surface area contributed by atoms with E-state index < -0.39 is 0 Å². The quantitative estimate of drug-likeness (QED) is 0.771. The Morgan fingerprint density at radius 1 is 1.39 bits per heavy atom. The van der Waals surface area contributed by atoms with Crippen molar-refractivity contribution in [2.45, 2.75) is 34.2 Å². The first-order valence-corrected chi connectivity index (χ1v) is 6.79. The van der Waals surface area contributed by atoms with Crippen molar-refractivity contribution in [3.05, 3.63) is 24.2 Å². The minimum Gasteiger partial charge on any atom is -0.472 e. The van der Waals surface area contributed by atoms with Gasteiger partial charge in [0.15, 0.2) is 0 Å². The van der Waals surface area contributed by atoms with Crippen molar-refractivity contribution in [2.24, 2.45) is 11.3 Å². The van der Waals surface area contributed by atoms with Crippen LogP contribution in [0.5, 0.6) is 0 Å². The van der Waals surface area contributed by atoms with Gasteiger partial charge in [-0.15, -0.1) is 0 Å². The zero-order valence-electron chi connectivity index (χ0n) is 12.5. The summed E-state index contributed by atoms with van der Waals surface area (Å²) in [6.45, 7) is 13.3. The Hall–Kier alpha value is -0.800. The second kappa shape index (κ2) is 6.95. The molecule has 3 heteroatoms. The van der Waals surface area contributed by atoms with Gasteiger partial charge >= 0.3 is 0 Å². The highest BCUT2D eigenvalue weighted by Gasteiger charge is 2.20. The Morgan fingerprint density at radius 3 is 2.67 bits per heavy atom. The molecule has 1 N–H and O–H groups in total. The molecule has 0 radical (unpaired) electrons. The highest BCUT2D eigenvalue weighted by atomic mass is 16.3. The van der Waals surface area contributed by atoms with Crippen LogP contribution in [-0.2, 0) is 6.54 Å². The van der Waals surface area contributed by atoms with Crippen molar-refractivity contribution in [2.75, 3.05) is 26.7 Å². The second-order valence-corrected chi connectivity index (χ2v) is 6.49. The SMILES string of the molecule is CC(C)CNCC(C)(C)CN(C)Cc1ccoc1. The van der Waals surface area contributed by atoms with Crippen LogP contribution in [0.2, 0.25) is 0 Å². The van der Waals surface area contributed by atoms with Crippen molar-refractivity contribution in [1.29, 1.82) is 0 Å². The van der Waals surface area contributed by atoms with E-state index >= 15 is 0 Å². The molecule has 0 saturated carbocycles. The highest BCUT2D eigenvalue weighted by molar-refractivity contribution is 5.04. The second-order valence-electron chi connectivity index (χ2n) is 6.49. The van der Waals surface area contributed by atoms with Gasteiger partial charge in [-0.1, -0.05) is 27.7 Å². The van der Waals surface area contributed by atoms with Gasteiger partial charge in [0.25, 0.3) is 0 Å². The Labute approximate surface area is 112 Å². The summed E-state index contributed by atoms with van der Waals surface area (Å²) in [4.78, 5) is 2.35. The lowest BCUT2D eigenvalue weighted by atomic mass is 9.92. The van der Waals surface area contributed by atoms with Crippen LogP contribution in [0.15, 0.2) is 23.0 Å². The molecular formula is C15H28N2O. The van der Waals surface area contributed by atoms with Gasteiger partial charge in [-0.2, -0.15) is 0 Å². The molecule has 0 aliphatic carbocycles. The average Bonchev–Trinajstić information content (AvgIpc) is 2.67. The number of furan rings is 1. The van der Waals surface area contributed by atoms with E-state index in [1.165, 1.54) is 5.56 Å². The first-order valence-electron chi connectivity index (χ1n) is 6.79.